The van der Waals surface area contributed by atoms with Crippen molar-refractivity contribution in [3.8, 4) is 5.75 Å². The van der Waals surface area contributed by atoms with Crippen molar-refractivity contribution in [2.24, 2.45) is 0 Å². The van der Waals surface area contributed by atoms with Crippen molar-refractivity contribution >= 4 is 22.6 Å². The monoisotopic (exact) mass is 439 g/mol. The third-order valence-electron chi connectivity index (χ3n) is 6.01. The zero-order valence-corrected chi connectivity index (χ0v) is 18.9. The second-order valence-corrected chi connectivity index (χ2v) is 8.50. The molecular formula is C28H25NO4. The molecule has 5 nitrogen and oxygen atoms in total. The molecular weight excluding hydrogens is 414 g/mol. The highest BCUT2D eigenvalue weighted by atomic mass is 16.5. The van der Waals surface area contributed by atoms with Gasteiger partial charge in [-0.1, -0.05) is 48.4 Å². The van der Waals surface area contributed by atoms with Crippen LogP contribution < -0.4 is 15.1 Å². The number of benzene rings is 3. The molecule has 0 fully saturated rings. The SMILES string of the molecule is CCCOc1ccc(C2c3c(oc4ccc(C)cc4c3=O)C(=O)N2c2ccc(C)cc2)cc1. The van der Waals surface area contributed by atoms with Crippen LogP contribution in [0.4, 0.5) is 5.69 Å². The van der Waals surface area contributed by atoms with Crippen molar-refractivity contribution in [2.45, 2.75) is 33.2 Å². The molecule has 0 bridgehead atoms. The van der Waals surface area contributed by atoms with Crippen LogP contribution >= 0.6 is 0 Å². The van der Waals surface area contributed by atoms with Gasteiger partial charge < -0.3 is 9.15 Å². The molecule has 2 heterocycles. The molecule has 0 N–H and O–H groups in total. The van der Waals surface area contributed by atoms with E-state index in [4.69, 9.17) is 9.15 Å². The third-order valence-corrected chi connectivity index (χ3v) is 6.01. The number of amides is 1. The van der Waals surface area contributed by atoms with Gasteiger partial charge in [-0.2, -0.15) is 0 Å². The molecule has 1 unspecified atom stereocenters. The summed E-state index contributed by atoms with van der Waals surface area (Å²) in [7, 11) is 0. The van der Waals surface area contributed by atoms with Gasteiger partial charge in [0.25, 0.3) is 5.91 Å². The van der Waals surface area contributed by atoms with Crippen LogP contribution in [-0.2, 0) is 0 Å². The number of hydrogen-bond acceptors (Lipinski definition) is 4. The Balaban J connectivity index is 1.72. The summed E-state index contributed by atoms with van der Waals surface area (Å²) < 4.78 is 11.8. The Morgan fingerprint density at radius 2 is 1.61 bits per heavy atom. The normalized spacial score (nSPS) is 15.2. The van der Waals surface area contributed by atoms with E-state index < -0.39 is 6.04 Å². The fourth-order valence-corrected chi connectivity index (χ4v) is 4.34. The van der Waals surface area contributed by atoms with Crippen molar-refractivity contribution in [3.63, 3.8) is 0 Å². The fraction of sp³-hybridized carbons (Fsp3) is 0.214. The first-order chi connectivity index (χ1) is 16.0. The van der Waals surface area contributed by atoms with E-state index in [1.165, 1.54) is 0 Å². The first-order valence-electron chi connectivity index (χ1n) is 11.2. The Morgan fingerprint density at radius 3 is 2.30 bits per heavy atom. The molecule has 1 atom stereocenters. The molecule has 1 aliphatic rings. The Morgan fingerprint density at radius 1 is 0.909 bits per heavy atom. The van der Waals surface area contributed by atoms with E-state index in [1.54, 1.807) is 11.0 Å². The molecule has 0 saturated carbocycles. The van der Waals surface area contributed by atoms with E-state index in [9.17, 15) is 9.59 Å². The third kappa shape index (κ3) is 3.59. The highest BCUT2D eigenvalue weighted by molar-refractivity contribution is 6.10. The van der Waals surface area contributed by atoms with Gasteiger partial charge in [0.15, 0.2) is 5.43 Å². The second-order valence-electron chi connectivity index (χ2n) is 8.50. The van der Waals surface area contributed by atoms with Crippen molar-refractivity contribution in [3.05, 3.63) is 105 Å². The minimum absolute atomic E-state index is 0.105. The largest absolute Gasteiger partial charge is 0.494 e. The van der Waals surface area contributed by atoms with Gasteiger partial charge in [0.2, 0.25) is 5.76 Å². The van der Waals surface area contributed by atoms with Crippen LogP contribution in [0.15, 0.2) is 75.9 Å². The van der Waals surface area contributed by atoms with Gasteiger partial charge in [0, 0.05) is 5.69 Å². The van der Waals surface area contributed by atoms with E-state index in [2.05, 4.69) is 6.92 Å². The molecule has 33 heavy (non-hydrogen) atoms. The summed E-state index contributed by atoms with van der Waals surface area (Å²) in [6, 6.07) is 20.2. The van der Waals surface area contributed by atoms with Crippen molar-refractivity contribution in [1.29, 1.82) is 0 Å². The van der Waals surface area contributed by atoms with Crippen LogP contribution in [-0.4, -0.2) is 12.5 Å². The Kier molecular flexibility index (Phi) is 5.25. The van der Waals surface area contributed by atoms with Gasteiger partial charge in [-0.25, -0.2) is 0 Å². The number of fused-ring (bicyclic) bond motifs is 2. The highest BCUT2D eigenvalue weighted by Gasteiger charge is 2.43. The lowest BCUT2D eigenvalue weighted by molar-refractivity contribution is 0.0971. The van der Waals surface area contributed by atoms with Crippen LogP contribution in [0.1, 0.15) is 52.2 Å². The quantitative estimate of drug-likeness (QED) is 0.386. The summed E-state index contributed by atoms with van der Waals surface area (Å²) in [5, 5.41) is 0.486. The van der Waals surface area contributed by atoms with Crippen molar-refractivity contribution < 1.29 is 13.9 Å². The Hall–Kier alpha value is -3.86. The van der Waals surface area contributed by atoms with Gasteiger partial charge >= 0.3 is 0 Å². The van der Waals surface area contributed by atoms with Gasteiger partial charge in [-0.15, -0.1) is 0 Å². The number of carbonyl (C=O) groups excluding carboxylic acids is 1. The van der Waals surface area contributed by atoms with Crippen LogP contribution in [0.3, 0.4) is 0 Å². The smallest absolute Gasteiger partial charge is 0.295 e. The average molecular weight is 440 g/mol. The summed E-state index contributed by atoms with van der Waals surface area (Å²) in [5.41, 5.74) is 4.22. The maximum atomic E-state index is 13.7. The maximum absolute atomic E-state index is 13.7. The molecule has 5 rings (SSSR count). The van der Waals surface area contributed by atoms with Crippen molar-refractivity contribution in [2.75, 3.05) is 11.5 Å². The summed E-state index contributed by atoms with van der Waals surface area (Å²) in [4.78, 5) is 28.9. The summed E-state index contributed by atoms with van der Waals surface area (Å²) in [6.07, 6.45) is 0.918. The Bertz CT molecular complexity index is 1400. The molecule has 0 radical (unpaired) electrons. The van der Waals surface area contributed by atoms with Crippen molar-refractivity contribution in [1.82, 2.24) is 0 Å². The van der Waals surface area contributed by atoms with Gasteiger partial charge in [0.05, 0.1) is 23.6 Å². The molecule has 1 aromatic heterocycles. The van der Waals surface area contributed by atoms with E-state index in [-0.39, 0.29) is 17.1 Å². The zero-order valence-electron chi connectivity index (χ0n) is 18.9. The molecule has 1 amide bonds. The number of anilines is 1. The van der Waals surface area contributed by atoms with E-state index in [0.717, 1.165) is 28.9 Å². The minimum Gasteiger partial charge on any atom is -0.494 e. The van der Waals surface area contributed by atoms with E-state index in [0.29, 0.717) is 28.8 Å². The molecule has 0 saturated heterocycles. The van der Waals surface area contributed by atoms with E-state index in [1.807, 2.05) is 74.5 Å². The number of nitrogens with zero attached hydrogens (tertiary/aromatic N) is 1. The molecule has 3 aromatic carbocycles. The minimum atomic E-state index is -0.586. The molecule has 0 aliphatic carbocycles. The number of rotatable bonds is 5. The predicted molar refractivity (Wildman–Crippen MR) is 129 cm³/mol. The van der Waals surface area contributed by atoms with Crippen LogP contribution in [0.5, 0.6) is 5.75 Å². The van der Waals surface area contributed by atoms with Gasteiger partial charge in [0.1, 0.15) is 11.3 Å². The van der Waals surface area contributed by atoms with Crippen LogP contribution in [0.25, 0.3) is 11.0 Å². The number of ether oxygens (including phenoxy) is 1. The van der Waals surface area contributed by atoms with Gasteiger partial charge in [-0.3, -0.25) is 14.5 Å². The lowest BCUT2D eigenvalue weighted by Crippen LogP contribution is -2.29. The molecule has 5 heteroatoms. The summed E-state index contributed by atoms with van der Waals surface area (Å²) >= 11 is 0. The Labute approximate surface area is 192 Å². The highest BCUT2D eigenvalue weighted by Crippen LogP contribution is 2.41. The second kappa shape index (κ2) is 8.24. The first-order valence-corrected chi connectivity index (χ1v) is 11.2. The summed E-state index contributed by atoms with van der Waals surface area (Å²) in [6.45, 7) is 6.62. The lowest BCUT2D eigenvalue weighted by atomic mass is 9.97. The standard InChI is InChI=1S/C28H25NO4/c1-4-15-32-21-12-8-19(9-13-21)25-24-26(30)22-16-18(3)7-14-23(22)33-27(24)28(31)29(25)20-10-5-17(2)6-11-20/h5-14,16,25H,4,15H2,1-3H3. The molecule has 1 aliphatic heterocycles. The summed E-state index contributed by atoms with van der Waals surface area (Å²) in [5.74, 6) is 0.547. The number of carbonyl (C=O) groups is 1. The number of aryl methyl sites for hydroxylation is 2. The fourth-order valence-electron chi connectivity index (χ4n) is 4.34. The maximum Gasteiger partial charge on any atom is 0.295 e. The predicted octanol–water partition coefficient (Wildman–Crippen LogP) is 5.95. The van der Waals surface area contributed by atoms with Crippen LogP contribution in [0.2, 0.25) is 0 Å². The average Bonchev–Trinajstić information content (AvgIpc) is 3.11. The topological polar surface area (TPSA) is 59.8 Å². The molecule has 4 aromatic rings. The van der Waals surface area contributed by atoms with Gasteiger partial charge in [-0.05, 0) is 62.2 Å². The van der Waals surface area contributed by atoms with Crippen LogP contribution in [0, 0.1) is 13.8 Å². The zero-order chi connectivity index (χ0) is 23.1. The lowest BCUT2D eigenvalue weighted by Gasteiger charge is -2.25. The first kappa shape index (κ1) is 21.0. The van der Waals surface area contributed by atoms with E-state index >= 15 is 0 Å². The molecule has 0 spiro atoms. The number of hydrogen-bond donors (Lipinski definition) is 0. The molecule has 166 valence electrons.